The van der Waals surface area contributed by atoms with Gasteiger partial charge in [0.25, 0.3) is 0 Å². The monoisotopic (exact) mass is 291 g/mol. The van der Waals surface area contributed by atoms with Crippen LogP contribution in [0.2, 0.25) is 0 Å². The highest BCUT2D eigenvalue weighted by atomic mass is 32.2. The fourth-order valence-electron chi connectivity index (χ4n) is 1.87. The SMILES string of the molecule is Cc1ccc(S(=O)(=O)N[C@H](CO)c2ccccc2)cc1. The van der Waals surface area contributed by atoms with E-state index in [4.69, 9.17) is 0 Å². The van der Waals surface area contributed by atoms with Gasteiger partial charge in [-0.25, -0.2) is 13.1 Å². The van der Waals surface area contributed by atoms with E-state index in [1.165, 1.54) is 0 Å². The van der Waals surface area contributed by atoms with E-state index in [2.05, 4.69) is 4.72 Å². The topological polar surface area (TPSA) is 66.4 Å². The van der Waals surface area contributed by atoms with E-state index in [1.54, 1.807) is 48.5 Å². The second-order valence-electron chi connectivity index (χ2n) is 4.58. The Morgan fingerprint density at radius 2 is 1.65 bits per heavy atom. The molecule has 106 valence electrons. The Kier molecular flexibility index (Phi) is 4.54. The molecule has 0 unspecified atom stereocenters. The number of rotatable bonds is 5. The van der Waals surface area contributed by atoms with Crippen molar-refractivity contribution in [3.05, 3.63) is 65.7 Å². The van der Waals surface area contributed by atoms with Gasteiger partial charge in [-0.3, -0.25) is 0 Å². The van der Waals surface area contributed by atoms with Crippen LogP contribution in [0.4, 0.5) is 0 Å². The standard InChI is InChI=1S/C15H17NO3S/c1-12-7-9-14(10-8-12)20(18,19)16-15(11-17)13-5-3-2-4-6-13/h2-10,15-17H,11H2,1H3/t15-/m1/s1. The zero-order valence-corrected chi connectivity index (χ0v) is 12.0. The molecule has 2 N–H and O–H groups in total. The van der Waals surface area contributed by atoms with Gasteiger partial charge >= 0.3 is 0 Å². The van der Waals surface area contributed by atoms with Crippen molar-refractivity contribution in [2.45, 2.75) is 17.9 Å². The van der Waals surface area contributed by atoms with Crippen molar-refractivity contribution in [3.8, 4) is 0 Å². The Morgan fingerprint density at radius 3 is 2.20 bits per heavy atom. The van der Waals surface area contributed by atoms with Gasteiger partial charge in [0.1, 0.15) is 0 Å². The fourth-order valence-corrected chi connectivity index (χ4v) is 3.08. The summed E-state index contributed by atoms with van der Waals surface area (Å²) in [7, 11) is -3.65. The van der Waals surface area contributed by atoms with Crippen molar-refractivity contribution in [3.63, 3.8) is 0 Å². The number of aryl methyl sites for hydroxylation is 1. The molecule has 2 aromatic rings. The number of sulfonamides is 1. The van der Waals surface area contributed by atoms with Crippen LogP contribution in [0.15, 0.2) is 59.5 Å². The molecule has 1 atom stereocenters. The van der Waals surface area contributed by atoms with Crippen molar-refractivity contribution in [2.75, 3.05) is 6.61 Å². The van der Waals surface area contributed by atoms with Crippen LogP contribution in [0.5, 0.6) is 0 Å². The molecule has 0 spiro atoms. The van der Waals surface area contributed by atoms with E-state index >= 15 is 0 Å². The van der Waals surface area contributed by atoms with Crippen LogP contribution in [0.25, 0.3) is 0 Å². The van der Waals surface area contributed by atoms with Gasteiger partial charge in [-0.1, -0.05) is 48.0 Å². The van der Waals surface area contributed by atoms with E-state index in [0.717, 1.165) is 11.1 Å². The highest BCUT2D eigenvalue weighted by Crippen LogP contribution is 2.17. The van der Waals surface area contributed by atoms with Crippen LogP contribution < -0.4 is 4.72 Å². The smallest absolute Gasteiger partial charge is 0.241 e. The number of aliphatic hydroxyl groups is 1. The molecule has 2 aromatic carbocycles. The molecule has 0 aliphatic carbocycles. The average molecular weight is 291 g/mol. The maximum absolute atomic E-state index is 12.3. The van der Waals surface area contributed by atoms with Gasteiger partial charge in [0.05, 0.1) is 17.5 Å². The summed E-state index contributed by atoms with van der Waals surface area (Å²) < 4.78 is 27.0. The average Bonchev–Trinajstić information content (AvgIpc) is 2.46. The molecule has 0 fully saturated rings. The second kappa shape index (κ2) is 6.17. The fraction of sp³-hybridized carbons (Fsp3) is 0.200. The number of aliphatic hydroxyl groups excluding tert-OH is 1. The lowest BCUT2D eigenvalue weighted by Gasteiger charge is -2.17. The summed E-state index contributed by atoms with van der Waals surface area (Å²) in [6, 6.07) is 14.9. The van der Waals surface area contributed by atoms with E-state index in [0.29, 0.717) is 0 Å². The lowest BCUT2D eigenvalue weighted by Crippen LogP contribution is -2.30. The molecule has 5 heteroatoms. The van der Waals surface area contributed by atoms with Crippen molar-refractivity contribution in [2.24, 2.45) is 0 Å². The summed E-state index contributed by atoms with van der Waals surface area (Å²) in [6.45, 7) is 1.60. The zero-order chi connectivity index (χ0) is 14.6. The maximum atomic E-state index is 12.3. The number of hydrogen-bond donors (Lipinski definition) is 2. The van der Waals surface area contributed by atoms with Gasteiger partial charge in [-0.2, -0.15) is 0 Å². The van der Waals surface area contributed by atoms with E-state index in [-0.39, 0.29) is 11.5 Å². The van der Waals surface area contributed by atoms with E-state index in [9.17, 15) is 13.5 Å². The van der Waals surface area contributed by atoms with Crippen LogP contribution in [0, 0.1) is 6.92 Å². The lowest BCUT2D eigenvalue weighted by atomic mass is 10.1. The molecule has 0 aliphatic heterocycles. The molecule has 4 nitrogen and oxygen atoms in total. The van der Waals surface area contributed by atoms with Gasteiger partial charge in [0.15, 0.2) is 0 Å². The highest BCUT2D eigenvalue weighted by molar-refractivity contribution is 7.89. The summed E-state index contributed by atoms with van der Waals surface area (Å²) in [6.07, 6.45) is 0. The van der Waals surface area contributed by atoms with Crippen molar-refractivity contribution in [1.29, 1.82) is 0 Å². The van der Waals surface area contributed by atoms with Crippen molar-refractivity contribution in [1.82, 2.24) is 4.72 Å². The second-order valence-corrected chi connectivity index (χ2v) is 6.29. The number of benzene rings is 2. The molecule has 0 heterocycles. The summed E-state index contributed by atoms with van der Waals surface area (Å²) in [5.41, 5.74) is 1.72. The van der Waals surface area contributed by atoms with Crippen LogP contribution >= 0.6 is 0 Å². The molecule has 0 saturated carbocycles. The molecular weight excluding hydrogens is 274 g/mol. The molecule has 2 rings (SSSR count). The first-order chi connectivity index (χ1) is 9.53. The Balaban J connectivity index is 2.24. The normalized spacial score (nSPS) is 13.1. The summed E-state index contributed by atoms with van der Waals surface area (Å²) in [5, 5.41) is 9.41. The summed E-state index contributed by atoms with van der Waals surface area (Å²) in [4.78, 5) is 0.192. The van der Waals surface area contributed by atoms with Crippen LogP contribution in [-0.4, -0.2) is 20.1 Å². The molecule has 0 radical (unpaired) electrons. The first-order valence-electron chi connectivity index (χ1n) is 6.28. The maximum Gasteiger partial charge on any atom is 0.241 e. The largest absolute Gasteiger partial charge is 0.394 e. The van der Waals surface area contributed by atoms with E-state index < -0.39 is 16.1 Å². The van der Waals surface area contributed by atoms with E-state index in [1.807, 2.05) is 13.0 Å². The van der Waals surface area contributed by atoms with Gasteiger partial charge < -0.3 is 5.11 Å². The van der Waals surface area contributed by atoms with Crippen LogP contribution in [0.1, 0.15) is 17.2 Å². The predicted octanol–water partition coefficient (Wildman–Crippen LogP) is 2.01. The molecule has 0 aromatic heterocycles. The third kappa shape index (κ3) is 3.45. The Labute approximate surface area is 119 Å². The van der Waals surface area contributed by atoms with Crippen LogP contribution in [0.3, 0.4) is 0 Å². The van der Waals surface area contributed by atoms with Gasteiger partial charge in [0.2, 0.25) is 10.0 Å². The van der Waals surface area contributed by atoms with Crippen LogP contribution in [-0.2, 0) is 10.0 Å². The van der Waals surface area contributed by atoms with Gasteiger partial charge in [0, 0.05) is 0 Å². The minimum atomic E-state index is -3.65. The highest BCUT2D eigenvalue weighted by Gasteiger charge is 2.20. The minimum absolute atomic E-state index is 0.192. The third-order valence-corrected chi connectivity index (χ3v) is 4.50. The van der Waals surface area contributed by atoms with Crippen molar-refractivity contribution >= 4 is 10.0 Å². The Morgan fingerprint density at radius 1 is 1.05 bits per heavy atom. The third-order valence-electron chi connectivity index (χ3n) is 3.01. The first kappa shape index (κ1) is 14.7. The van der Waals surface area contributed by atoms with Gasteiger partial charge in [-0.15, -0.1) is 0 Å². The summed E-state index contributed by atoms with van der Waals surface area (Å²) >= 11 is 0. The molecule has 20 heavy (non-hydrogen) atoms. The quantitative estimate of drug-likeness (QED) is 0.885. The zero-order valence-electron chi connectivity index (χ0n) is 11.2. The molecule has 0 amide bonds. The predicted molar refractivity (Wildman–Crippen MR) is 77.8 cm³/mol. The molecule has 0 bridgehead atoms. The number of hydrogen-bond acceptors (Lipinski definition) is 3. The minimum Gasteiger partial charge on any atom is -0.394 e. The van der Waals surface area contributed by atoms with Gasteiger partial charge in [-0.05, 0) is 24.6 Å². The Hall–Kier alpha value is -1.69. The number of nitrogens with one attached hydrogen (secondary N) is 1. The summed E-state index contributed by atoms with van der Waals surface area (Å²) in [5.74, 6) is 0. The molecule has 0 saturated heterocycles. The lowest BCUT2D eigenvalue weighted by molar-refractivity contribution is 0.259. The van der Waals surface area contributed by atoms with Crippen molar-refractivity contribution < 1.29 is 13.5 Å². The molecular formula is C15H17NO3S. The Bertz CT molecular complexity index is 651. The first-order valence-corrected chi connectivity index (χ1v) is 7.76. The molecule has 0 aliphatic rings.